The van der Waals surface area contributed by atoms with E-state index in [1.165, 1.54) is 0 Å². The maximum absolute atomic E-state index is 12.0. The zero-order valence-electron chi connectivity index (χ0n) is 11.1. The first-order chi connectivity index (χ1) is 10.1. The number of H-pyrrole nitrogens is 1. The van der Waals surface area contributed by atoms with Gasteiger partial charge in [-0.25, -0.2) is 4.98 Å². The topological polar surface area (TPSA) is 83.8 Å². The Morgan fingerprint density at radius 1 is 1.33 bits per heavy atom. The monoisotopic (exact) mass is 346 g/mol. The highest BCUT2D eigenvalue weighted by molar-refractivity contribution is 9.10. The van der Waals surface area contributed by atoms with E-state index in [1.807, 2.05) is 19.1 Å². The molecule has 3 rings (SSSR count). The van der Waals surface area contributed by atoms with Crippen LogP contribution in [0.3, 0.4) is 0 Å². The van der Waals surface area contributed by atoms with Crippen molar-refractivity contribution in [3.63, 3.8) is 0 Å². The van der Waals surface area contributed by atoms with E-state index in [1.54, 1.807) is 24.3 Å². The molecule has 2 aromatic heterocycles. The average Bonchev–Trinajstić information content (AvgIpc) is 3.08. The van der Waals surface area contributed by atoms with E-state index in [2.05, 4.69) is 36.4 Å². The minimum atomic E-state index is -0.316. The van der Waals surface area contributed by atoms with Crippen LogP contribution in [0.15, 0.2) is 45.5 Å². The quantitative estimate of drug-likeness (QED) is 0.761. The Morgan fingerprint density at radius 3 is 2.86 bits per heavy atom. The molecule has 0 aliphatic carbocycles. The van der Waals surface area contributed by atoms with Gasteiger partial charge in [-0.1, -0.05) is 12.1 Å². The van der Waals surface area contributed by atoms with Crippen molar-refractivity contribution in [1.29, 1.82) is 0 Å². The Hall–Kier alpha value is -2.41. The fraction of sp³-hybridized carbons (Fsp3) is 0.0714. The number of nitrogens with zero attached hydrogens (tertiary/aromatic N) is 2. The highest BCUT2D eigenvalue weighted by atomic mass is 79.9. The van der Waals surface area contributed by atoms with E-state index >= 15 is 0 Å². The first kappa shape index (κ1) is 13.6. The van der Waals surface area contributed by atoms with Crippen LogP contribution in [0.25, 0.3) is 11.4 Å². The van der Waals surface area contributed by atoms with E-state index in [-0.39, 0.29) is 11.7 Å². The fourth-order valence-electron chi connectivity index (χ4n) is 1.84. The number of aromatic nitrogens is 3. The molecule has 106 valence electrons. The first-order valence-corrected chi connectivity index (χ1v) is 6.97. The maximum atomic E-state index is 12.0. The third-order valence-corrected chi connectivity index (χ3v) is 3.20. The van der Waals surface area contributed by atoms with Crippen molar-refractivity contribution in [3.8, 4) is 11.4 Å². The van der Waals surface area contributed by atoms with Crippen molar-refractivity contribution in [2.75, 3.05) is 5.32 Å². The van der Waals surface area contributed by atoms with Crippen molar-refractivity contribution in [3.05, 3.63) is 52.7 Å². The van der Waals surface area contributed by atoms with Gasteiger partial charge in [-0.3, -0.25) is 9.89 Å². The number of furan rings is 1. The number of anilines is 1. The summed E-state index contributed by atoms with van der Waals surface area (Å²) in [5.74, 6) is 1.24. The summed E-state index contributed by atoms with van der Waals surface area (Å²) in [5, 5.41) is 9.65. The van der Waals surface area contributed by atoms with Crippen LogP contribution < -0.4 is 5.32 Å². The third kappa shape index (κ3) is 3.03. The van der Waals surface area contributed by atoms with Crippen molar-refractivity contribution >= 4 is 27.5 Å². The van der Waals surface area contributed by atoms with Gasteiger partial charge in [0.2, 0.25) is 0 Å². The summed E-state index contributed by atoms with van der Waals surface area (Å²) in [6.45, 7) is 1.83. The lowest BCUT2D eigenvalue weighted by molar-refractivity contribution is 0.0995. The molecule has 3 aromatic rings. The Morgan fingerprint density at radius 2 is 2.19 bits per heavy atom. The predicted octanol–water partition coefficient (Wildman–Crippen LogP) is 3.39. The van der Waals surface area contributed by atoms with Crippen LogP contribution in [0.5, 0.6) is 0 Å². The average molecular weight is 347 g/mol. The van der Waals surface area contributed by atoms with Gasteiger partial charge in [-0.05, 0) is 47.1 Å². The minimum Gasteiger partial charge on any atom is -0.444 e. The summed E-state index contributed by atoms with van der Waals surface area (Å²) in [6, 6.07) is 10.6. The zero-order valence-corrected chi connectivity index (χ0v) is 12.6. The van der Waals surface area contributed by atoms with Crippen LogP contribution in [0.2, 0.25) is 0 Å². The Labute approximate surface area is 128 Å². The van der Waals surface area contributed by atoms with Gasteiger partial charge >= 0.3 is 0 Å². The summed E-state index contributed by atoms with van der Waals surface area (Å²) < 4.78 is 5.72. The second-order valence-electron chi connectivity index (χ2n) is 4.38. The summed E-state index contributed by atoms with van der Waals surface area (Å²) in [4.78, 5) is 16.3. The molecule has 7 heteroatoms. The number of nitrogens with one attached hydrogen (secondary N) is 2. The van der Waals surface area contributed by atoms with E-state index in [9.17, 15) is 4.79 Å². The minimum absolute atomic E-state index is 0.237. The van der Waals surface area contributed by atoms with Gasteiger partial charge in [0.05, 0.1) is 0 Å². The zero-order chi connectivity index (χ0) is 14.8. The largest absolute Gasteiger partial charge is 0.444 e. The van der Waals surface area contributed by atoms with E-state index in [4.69, 9.17) is 4.42 Å². The van der Waals surface area contributed by atoms with Gasteiger partial charge in [-0.15, -0.1) is 0 Å². The Kier molecular flexibility index (Phi) is 3.57. The molecule has 0 atom stereocenters. The lowest BCUT2D eigenvalue weighted by Gasteiger charge is -2.04. The lowest BCUT2D eigenvalue weighted by atomic mass is 10.2. The molecular formula is C14H11BrN4O2. The number of aromatic amines is 1. The summed E-state index contributed by atoms with van der Waals surface area (Å²) >= 11 is 3.16. The van der Waals surface area contributed by atoms with Crippen molar-refractivity contribution < 1.29 is 9.21 Å². The number of rotatable bonds is 3. The molecule has 2 N–H and O–H groups in total. The van der Waals surface area contributed by atoms with Gasteiger partial charge in [-0.2, -0.15) is 5.10 Å². The number of carbonyl (C=O) groups excluding carboxylic acids is 1. The SMILES string of the molecule is Cc1nc(-c2cccc(NC(=O)c3ccc(Br)o3)c2)n[nH]1. The second-order valence-corrected chi connectivity index (χ2v) is 5.16. The van der Waals surface area contributed by atoms with Crippen molar-refractivity contribution in [1.82, 2.24) is 15.2 Å². The molecule has 0 fully saturated rings. The molecule has 0 bridgehead atoms. The number of hydrogen-bond donors (Lipinski definition) is 2. The number of halogens is 1. The number of amides is 1. The number of benzene rings is 1. The number of aryl methyl sites for hydroxylation is 1. The van der Waals surface area contributed by atoms with Crippen LogP contribution in [0, 0.1) is 6.92 Å². The highest BCUT2D eigenvalue weighted by Gasteiger charge is 2.11. The molecule has 0 spiro atoms. The van der Waals surface area contributed by atoms with Gasteiger partial charge in [0.25, 0.3) is 5.91 Å². The van der Waals surface area contributed by atoms with Crippen LogP contribution in [-0.2, 0) is 0 Å². The standard InChI is InChI=1S/C14H11BrN4O2/c1-8-16-13(19-18-8)9-3-2-4-10(7-9)17-14(20)11-5-6-12(15)21-11/h2-7H,1H3,(H,17,20)(H,16,18,19). The molecular weight excluding hydrogens is 336 g/mol. The van der Waals surface area contributed by atoms with E-state index in [0.29, 0.717) is 16.2 Å². The van der Waals surface area contributed by atoms with Gasteiger partial charge in [0.1, 0.15) is 5.82 Å². The molecule has 0 aliphatic heterocycles. The van der Waals surface area contributed by atoms with Crippen molar-refractivity contribution in [2.45, 2.75) is 6.92 Å². The van der Waals surface area contributed by atoms with Crippen LogP contribution in [0.1, 0.15) is 16.4 Å². The fourth-order valence-corrected chi connectivity index (χ4v) is 2.14. The molecule has 0 saturated heterocycles. The van der Waals surface area contributed by atoms with Gasteiger partial charge < -0.3 is 9.73 Å². The molecule has 1 aromatic carbocycles. The Balaban J connectivity index is 1.82. The molecule has 0 aliphatic rings. The van der Waals surface area contributed by atoms with Crippen LogP contribution >= 0.6 is 15.9 Å². The number of hydrogen-bond acceptors (Lipinski definition) is 4. The van der Waals surface area contributed by atoms with Gasteiger partial charge in [0.15, 0.2) is 16.3 Å². The molecule has 0 unspecified atom stereocenters. The molecule has 2 heterocycles. The highest BCUT2D eigenvalue weighted by Crippen LogP contribution is 2.20. The normalized spacial score (nSPS) is 10.6. The summed E-state index contributed by atoms with van der Waals surface area (Å²) in [7, 11) is 0. The van der Waals surface area contributed by atoms with E-state index in [0.717, 1.165) is 11.4 Å². The second kappa shape index (κ2) is 5.53. The lowest BCUT2D eigenvalue weighted by Crippen LogP contribution is -2.10. The van der Waals surface area contributed by atoms with Crippen LogP contribution in [0.4, 0.5) is 5.69 Å². The smallest absolute Gasteiger partial charge is 0.291 e. The predicted molar refractivity (Wildman–Crippen MR) is 80.9 cm³/mol. The van der Waals surface area contributed by atoms with E-state index < -0.39 is 0 Å². The summed E-state index contributed by atoms with van der Waals surface area (Å²) in [5.41, 5.74) is 1.46. The van der Waals surface area contributed by atoms with Crippen LogP contribution in [-0.4, -0.2) is 21.1 Å². The third-order valence-electron chi connectivity index (χ3n) is 2.77. The first-order valence-electron chi connectivity index (χ1n) is 6.18. The molecule has 21 heavy (non-hydrogen) atoms. The molecule has 1 amide bonds. The van der Waals surface area contributed by atoms with Gasteiger partial charge in [0, 0.05) is 11.3 Å². The molecule has 6 nitrogen and oxygen atoms in total. The maximum Gasteiger partial charge on any atom is 0.291 e. The number of carbonyl (C=O) groups is 1. The van der Waals surface area contributed by atoms with Crippen molar-refractivity contribution in [2.24, 2.45) is 0 Å². The Bertz CT molecular complexity index is 794. The molecule has 0 radical (unpaired) electrons. The summed E-state index contributed by atoms with van der Waals surface area (Å²) in [6.07, 6.45) is 0. The molecule has 0 saturated carbocycles.